The molecule has 14 heavy (non-hydrogen) atoms. The molecule has 0 radical (unpaired) electrons. The molecule has 4 heteroatoms. The third-order valence-corrected chi connectivity index (χ3v) is 2.93. The van der Waals surface area contributed by atoms with Crippen LogP contribution in [0.3, 0.4) is 0 Å². The monoisotopic (exact) mass is 231 g/mol. The number of hydrogen-bond donors (Lipinski definition) is 1. The van der Waals surface area contributed by atoms with Gasteiger partial charge in [0.25, 0.3) is 5.91 Å². The molecule has 0 aromatic carbocycles. The Hall–Kier alpha value is -0.540. The Kier molecular flexibility index (Phi) is 4.98. The summed E-state index contributed by atoms with van der Waals surface area (Å²) in [6.45, 7) is 2.63. The standard InChI is InChI=1S/C10H14ClNOS/c1-2-3-9(11)6-12-10(13)8-4-5-14-7-8/h4-5,7,9H,2-3,6H2,1H3,(H,12,13). The molecule has 0 fully saturated rings. The van der Waals surface area contributed by atoms with Crippen molar-refractivity contribution in [1.29, 1.82) is 0 Å². The third kappa shape index (κ3) is 3.68. The Morgan fingerprint density at radius 2 is 2.50 bits per heavy atom. The van der Waals surface area contributed by atoms with Gasteiger partial charge in [-0.15, -0.1) is 11.6 Å². The average molecular weight is 232 g/mol. The molecule has 0 aliphatic rings. The summed E-state index contributed by atoms with van der Waals surface area (Å²) in [6, 6.07) is 1.81. The van der Waals surface area contributed by atoms with Crippen molar-refractivity contribution in [2.24, 2.45) is 0 Å². The first-order chi connectivity index (χ1) is 6.74. The van der Waals surface area contributed by atoms with Crippen molar-refractivity contribution in [2.75, 3.05) is 6.54 Å². The molecule has 2 nitrogen and oxygen atoms in total. The molecule has 1 heterocycles. The quantitative estimate of drug-likeness (QED) is 0.776. The van der Waals surface area contributed by atoms with Crippen LogP contribution in [0, 0.1) is 0 Å². The van der Waals surface area contributed by atoms with Crippen molar-refractivity contribution in [3.8, 4) is 0 Å². The molecule has 1 N–H and O–H groups in total. The second-order valence-corrected chi connectivity index (χ2v) is 4.51. The number of hydrogen-bond acceptors (Lipinski definition) is 2. The van der Waals surface area contributed by atoms with E-state index in [4.69, 9.17) is 11.6 Å². The summed E-state index contributed by atoms with van der Waals surface area (Å²) in [5.41, 5.74) is 0.718. The minimum atomic E-state index is -0.0343. The first-order valence-corrected chi connectivity index (χ1v) is 6.06. The maximum Gasteiger partial charge on any atom is 0.252 e. The maximum absolute atomic E-state index is 11.5. The molecule has 1 aromatic heterocycles. The second kappa shape index (κ2) is 6.04. The van der Waals surface area contributed by atoms with Gasteiger partial charge in [-0.2, -0.15) is 11.3 Å². The summed E-state index contributed by atoms with van der Waals surface area (Å²) in [4.78, 5) is 11.5. The van der Waals surface area contributed by atoms with Gasteiger partial charge in [0.1, 0.15) is 0 Å². The highest BCUT2D eigenvalue weighted by atomic mass is 35.5. The lowest BCUT2D eigenvalue weighted by molar-refractivity contribution is 0.0953. The van der Waals surface area contributed by atoms with Crippen molar-refractivity contribution in [2.45, 2.75) is 25.1 Å². The van der Waals surface area contributed by atoms with Gasteiger partial charge in [-0.1, -0.05) is 13.3 Å². The van der Waals surface area contributed by atoms with Crippen LogP contribution in [0.15, 0.2) is 16.8 Å². The highest BCUT2D eigenvalue weighted by Gasteiger charge is 2.08. The van der Waals surface area contributed by atoms with Crippen molar-refractivity contribution in [1.82, 2.24) is 5.32 Å². The molecule has 1 atom stereocenters. The topological polar surface area (TPSA) is 29.1 Å². The Balaban J connectivity index is 2.28. The normalized spacial score (nSPS) is 12.4. The summed E-state index contributed by atoms with van der Waals surface area (Å²) in [5, 5.41) is 6.57. The number of halogens is 1. The molecule has 0 spiro atoms. The molecule has 0 bridgehead atoms. The molecule has 1 amide bonds. The molecule has 0 saturated carbocycles. The van der Waals surface area contributed by atoms with Crippen molar-refractivity contribution in [3.63, 3.8) is 0 Å². The van der Waals surface area contributed by atoms with Crippen LogP contribution in [-0.2, 0) is 0 Å². The van der Waals surface area contributed by atoms with E-state index < -0.39 is 0 Å². The summed E-state index contributed by atoms with van der Waals surface area (Å²) in [6.07, 6.45) is 1.98. The first kappa shape index (κ1) is 11.5. The van der Waals surface area contributed by atoms with Gasteiger partial charge in [-0.05, 0) is 17.9 Å². The lowest BCUT2D eigenvalue weighted by atomic mass is 10.2. The van der Waals surface area contributed by atoms with Crippen LogP contribution in [0.1, 0.15) is 30.1 Å². The van der Waals surface area contributed by atoms with Gasteiger partial charge in [0.15, 0.2) is 0 Å². The summed E-state index contributed by atoms with van der Waals surface area (Å²) in [7, 11) is 0. The van der Waals surface area contributed by atoms with E-state index in [9.17, 15) is 4.79 Å². The molecule has 78 valence electrons. The Labute approximate surface area is 93.3 Å². The van der Waals surface area contributed by atoms with Gasteiger partial charge in [-0.3, -0.25) is 4.79 Å². The predicted molar refractivity (Wildman–Crippen MR) is 61.2 cm³/mol. The molecule has 0 aliphatic heterocycles. The van der Waals surface area contributed by atoms with Crippen LogP contribution in [-0.4, -0.2) is 17.8 Å². The number of nitrogens with one attached hydrogen (secondary N) is 1. The van der Waals surface area contributed by atoms with Gasteiger partial charge < -0.3 is 5.32 Å². The van der Waals surface area contributed by atoms with E-state index in [2.05, 4.69) is 12.2 Å². The minimum Gasteiger partial charge on any atom is -0.351 e. The lowest BCUT2D eigenvalue weighted by Crippen LogP contribution is -2.29. The predicted octanol–water partition coefficient (Wildman–Crippen LogP) is 2.89. The highest BCUT2D eigenvalue weighted by Crippen LogP contribution is 2.07. The maximum atomic E-state index is 11.5. The average Bonchev–Trinajstić information content (AvgIpc) is 2.67. The largest absolute Gasteiger partial charge is 0.351 e. The number of carbonyl (C=O) groups excluding carboxylic acids is 1. The lowest BCUT2D eigenvalue weighted by Gasteiger charge is -2.08. The zero-order valence-corrected chi connectivity index (χ0v) is 9.70. The second-order valence-electron chi connectivity index (χ2n) is 3.11. The first-order valence-electron chi connectivity index (χ1n) is 4.68. The van der Waals surface area contributed by atoms with E-state index in [0.717, 1.165) is 18.4 Å². The SMILES string of the molecule is CCCC(Cl)CNC(=O)c1ccsc1. The minimum absolute atomic E-state index is 0.0343. The zero-order chi connectivity index (χ0) is 10.4. The van der Waals surface area contributed by atoms with Crippen molar-refractivity contribution >= 4 is 28.8 Å². The zero-order valence-electron chi connectivity index (χ0n) is 8.13. The molecule has 0 saturated heterocycles. The fourth-order valence-electron chi connectivity index (χ4n) is 1.11. The van der Waals surface area contributed by atoms with Crippen LogP contribution in [0.2, 0.25) is 0 Å². The van der Waals surface area contributed by atoms with Crippen molar-refractivity contribution in [3.05, 3.63) is 22.4 Å². The fourth-order valence-corrected chi connectivity index (χ4v) is 2.05. The third-order valence-electron chi connectivity index (χ3n) is 1.87. The number of amides is 1. The molecular formula is C10H14ClNOS. The Bertz CT molecular complexity index is 274. The van der Waals surface area contributed by atoms with Gasteiger partial charge in [0, 0.05) is 17.5 Å². The van der Waals surface area contributed by atoms with Gasteiger partial charge >= 0.3 is 0 Å². The van der Waals surface area contributed by atoms with Crippen LogP contribution >= 0.6 is 22.9 Å². The van der Waals surface area contributed by atoms with Crippen LogP contribution in [0.4, 0.5) is 0 Å². The Morgan fingerprint density at radius 1 is 1.71 bits per heavy atom. The smallest absolute Gasteiger partial charge is 0.252 e. The number of thiophene rings is 1. The Morgan fingerprint density at radius 3 is 3.07 bits per heavy atom. The van der Waals surface area contributed by atoms with E-state index in [1.165, 1.54) is 11.3 Å². The number of alkyl halides is 1. The van der Waals surface area contributed by atoms with E-state index in [1.807, 2.05) is 16.8 Å². The van der Waals surface area contributed by atoms with Crippen LogP contribution in [0.5, 0.6) is 0 Å². The van der Waals surface area contributed by atoms with Gasteiger partial charge in [-0.25, -0.2) is 0 Å². The summed E-state index contributed by atoms with van der Waals surface area (Å²) in [5.74, 6) is -0.0343. The van der Waals surface area contributed by atoms with Crippen LogP contribution < -0.4 is 5.32 Å². The molecule has 1 aromatic rings. The van der Waals surface area contributed by atoms with Crippen molar-refractivity contribution < 1.29 is 4.79 Å². The molecule has 1 rings (SSSR count). The van der Waals surface area contributed by atoms with Gasteiger partial charge in [0.05, 0.1) is 5.38 Å². The molecular weight excluding hydrogens is 218 g/mol. The molecule has 0 aliphatic carbocycles. The van der Waals surface area contributed by atoms with Gasteiger partial charge in [0.2, 0.25) is 0 Å². The van der Waals surface area contributed by atoms with Crippen LogP contribution in [0.25, 0.3) is 0 Å². The number of carbonyl (C=O) groups is 1. The summed E-state index contributed by atoms with van der Waals surface area (Å²) < 4.78 is 0. The van der Waals surface area contributed by atoms with E-state index in [0.29, 0.717) is 6.54 Å². The highest BCUT2D eigenvalue weighted by molar-refractivity contribution is 7.08. The van der Waals surface area contributed by atoms with E-state index in [1.54, 1.807) is 0 Å². The molecule has 1 unspecified atom stereocenters. The summed E-state index contributed by atoms with van der Waals surface area (Å²) >= 11 is 7.49. The van der Waals surface area contributed by atoms with E-state index in [-0.39, 0.29) is 11.3 Å². The van der Waals surface area contributed by atoms with E-state index >= 15 is 0 Å². The fraction of sp³-hybridized carbons (Fsp3) is 0.500. The number of rotatable bonds is 5.